The molecule has 7 nitrogen and oxygen atoms in total. The molecule has 0 saturated carbocycles. The van der Waals surface area contributed by atoms with Gasteiger partial charge in [-0.05, 0) is 63.0 Å². The van der Waals surface area contributed by atoms with E-state index in [-0.39, 0.29) is 23.9 Å². The molecule has 35 heavy (non-hydrogen) atoms. The Labute approximate surface area is 202 Å². The second-order valence-corrected chi connectivity index (χ2v) is 9.28. The molecule has 4 rings (SSSR count). The van der Waals surface area contributed by atoms with Gasteiger partial charge in [-0.2, -0.15) is 18.3 Å². The molecule has 2 amide bonds. The number of carbonyl (C=O) groups is 2. The fourth-order valence-electron chi connectivity index (χ4n) is 4.95. The van der Waals surface area contributed by atoms with Crippen LogP contribution in [-0.4, -0.2) is 47.9 Å². The molecule has 0 spiro atoms. The zero-order valence-corrected chi connectivity index (χ0v) is 19.8. The molecule has 2 aliphatic rings. The molecular weight excluding hydrogens is 461 g/mol. The maximum atomic E-state index is 13.5. The number of alkyl halides is 3. The molecule has 0 radical (unpaired) electrons. The van der Waals surface area contributed by atoms with Crippen LogP contribution < -0.4 is 10.2 Å². The Hall–Kier alpha value is -2.88. The number of rotatable bonds is 7. The highest BCUT2D eigenvalue weighted by atomic mass is 19.4. The van der Waals surface area contributed by atoms with E-state index in [1.54, 1.807) is 19.2 Å². The van der Waals surface area contributed by atoms with Crippen LogP contribution in [0.1, 0.15) is 49.1 Å². The number of nitrogens with one attached hydrogen (secondary N) is 1. The van der Waals surface area contributed by atoms with Gasteiger partial charge in [-0.1, -0.05) is 18.2 Å². The standard InChI is InChI=1S/C25H31F3N4O3/c1-31(18-7-3-2-4-8-18)24(34)20(15-17-11-13-35-14-12-17)29-22(33)16-32-21-10-6-5-9-19(21)23(30-32)25(26,27)28/h2-4,7-8,17,20H,5-6,9-16H2,1H3,(H,29,33). The van der Waals surface area contributed by atoms with Gasteiger partial charge in [0.1, 0.15) is 12.6 Å². The Morgan fingerprint density at radius 1 is 1.17 bits per heavy atom. The van der Waals surface area contributed by atoms with E-state index >= 15 is 0 Å². The topological polar surface area (TPSA) is 76.5 Å². The van der Waals surface area contributed by atoms with Crippen LogP contribution in [0, 0.1) is 5.92 Å². The molecule has 1 atom stereocenters. The van der Waals surface area contributed by atoms with E-state index in [4.69, 9.17) is 4.74 Å². The van der Waals surface area contributed by atoms with E-state index < -0.39 is 23.8 Å². The van der Waals surface area contributed by atoms with E-state index in [1.807, 2.05) is 18.2 Å². The summed E-state index contributed by atoms with van der Waals surface area (Å²) in [5, 5.41) is 6.58. The number of fused-ring (bicyclic) bond motifs is 1. The maximum Gasteiger partial charge on any atom is 0.435 e. The average Bonchev–Trinajstić information content (AvgIpc) is 3.23. The predicted octanol–water partition coefficient (Wildman–Crippen LogP) is 3.75. The molecule has 1 aromatic carbocycles. The first-order chi connectivity index (χ1) is 16.7. The quantitative estimate of drug-likeness (QED) is 0.639. The summed E-state index contributed by atoms with van der Waals surface area (Å²) in [6.45, 7) is 0.854. The molecule has 10 heteroatoms. The first kappa shape index (κ1) is 25.2. The largest absolute Gasteiger partial charge is 0.435 e. The number of amides is 2. The lowest BCUT2D eigenvalue weighted by Crippen LogP contribution is -2.49. The van der Waals surface area contributed by atoms with E-state index in [9.17, 15) is 22.8 Å². The number of para-hydroxylation sites is 1. The van der Waals surface area contributed by atoms with Gasteiger partial charge < -0.3 is 15.0 Å². The molecule has 0 bridgehead atoms. The minimum atomic E-state index is -4.57. The molecule has 1 unspecified atom stereocenters. The lowest BCUT2D eigenvalue weighted by Gasteiger charge is -2.29. The number of anilines is 1. The van der Waals surface area contributed by atoms with E-state index in [0.29, 0.717) is 50.3 Å². The van der Waals surface area contributed by atoms with Crippen LogP contribution >= 0.6 is 0 Å². The van der Waals surface area contributed by atoms with Gasteiger partial charge in [0.15, 0.2) is 5.69 Å². The van der Waals surface area contributed by atoms with Crippen molar-refractivity contribution in [1.29, 1.82) is 0 Å². The van der Waals surface area contributed by atoms with Gasteiger partial charge in [-0.25, -0.2) is 0 Å². The Bertz CT molecular complexity index is 1030. The second-order valence-electron chi connectivity index (χ2n) is 9.28. The van der Waals surface area contributed by atoms with Crippen LogP contribution in [0.25, 0.3) is 0 Å². The molecular formula is C25H31F3N4O3. The molecule has 2 aromatic rings. The Morgan fingerprint density at radius 2 is 1.86 bits per heavy atom. The highest BCUT2D eigenvalue weighted by Crippen LogP contribution is 2.35. The number of nitrogens with zero attached hydrogens (tertiary/aromatic N) is 3. The van der Waals surface area contributed by atoms with Crippen molar-refractivity contribution >= 4 is 17.5 Å². The third-order valence-corrected chi connectivity index (χ3v) is 6.84. The third kappa shape index (κ3) is 6.04. The van der Waals surface area contributed by atoms with Crippen LogP contribution in [-0.2, 0) is 39.9 Å². The third-order valence-electron chi connectivity index (χ3n) is 6.84. The summed E-state index contributed by atoms with van der Waals surface area (Å²) < 4.78 is 47.1. The van der Waals surface area contributed by atoms with Gasteiger partial charge in [0.25, 0.3) is 0 Å². The minimum absolute atomic E-state index is 0.190. The maximum absolute atomic E-state index is 13.5. The van der Waals surface area contributed by atoms with Gasteiger partial charge in [-0.15, -0.1) is 0 Å². The second kappa shape index (κ2) is 10.8. The minimum Gasteiger partial charge on any atom is -0.381 e. The summed E-state index contributed by atoms with van der Waals surface area (Å²) in [6, 6.07) is 8.31. The Kier molecular flexibility index (Phi) is 7.78. The van der Waals surface area contributed by atoms with Gasteiger partial charge in [0.05, 0.1) is 0 Å². The molecule has 1 aliphatic heterocycles. The van der Waals surface area contributed by atoms with Crippen LogP contribution in [0.4, 0.5) is 18.9 Å². The summed E-state index contributed by atoms with van der Waals surface area (Å²) in [5.74, 6) is -0.590. The Morgan fingerprint density at radius 3 is 2.54 bits per heavy atom. The van der Waals surface area contributed by atoms with Gasteiger partial charge in [0, 0.05) is 37.2 Å². The first-order valence-corrected chi connectivity index (χ1v) is 12.1. The normalized spacial score (nSPS) is 17.5. The first-order valence-electron chi connectivity index (χ1n) is 12.1. The monoisotopic (exact) mass is 492 g/mol. The van der Waals surface area contributed by atoms with E-state index in [1.165, 1.54) is 9.58 Å². The lowest BCUT2D eigenvalue weighted by molar-refractivity contribution is -0.142. The van der Waals surface area contributed by atoms with Crippen LogP contribution in [0.2, 0.25) is 0 Å². The van der Waals surface area contributed by atoms with Crippen LogP contribution in [0.3, 0.4) is 0 Å². The number of hydrogen-bond donors (Lipinski definition) is 1. The number of carbonyl (C=O) groups excluding carboxylic acids is 2. The predicted molar refractivity (Wildman–Crippen MR) is 124 cm³/mol. The fourth-order valence-corrected chi connectivity index (χ4v) is 4.95. The molecule has 190 valence electrons. The molecule has 1 N–H and O–H groups in total. The van der Waals surface area contributed by atoms with Crippen molar-refractivity contribution in [2.45, 2.75) is 63.7 Å². The fraction of sp³-hybridized carbons (Fsp3) is 0.560. The van der Waals surface area contributed by atoms with E-state index in [2.05, 4.69) is 10.4 Å². The van der Waals surface area contributed by atoms with Crippen molar-refractivity contribution in [2.75, 3.05) is 25.2 Å². The van der Waals surface area contributed by atoms with Gasteiger partial charge in [-0.3, -0.25) is 14.3 Å². The molecule has 2 heterocycles. The number of aromatic nitrogens is 2. The van der Waals surface area contributed by atoms with E-state index in [0.717, 1.165) is 19.3 Å². The number of likely N-dealkylation sites (N-methyl/N-ethyl adjacent to an activating group) is 1. The number of benzene rings is 1. The van der Waals surface area contributed by atoms with Crippen molar-refractivity contribution in [3.8, 4) is 0 Å². The molecule has 1 fully saturated rings. The zero-order chi connectivity index (χ0) is 25.0. The smallest absolute Gasteiger partial charge is 0.381 e. The highest BCUT2D eigenvalue weighted by molar-refractivity contribution is 5.98. The SMILES string of the molecule is CN(C(=O)C(CC1CCOCC1)NC(=O)Cn1nc(C(F)(F)F)c2c1CCCC2)c1ccccc1. The van der Waals surface area contributed by atoms with Crippen molar-refractivity contribution in [1.82, 2.24) is 15.1 Å². The number of halogens is 3. The molecule has 1 aromatic heterocycles. The zero-order valence-electron chi connectivity index (χ0n) is 19.8. The van der Waals surface area contributed by atoms with Gasteiger partial charge in [0.2, 0.25) is 11.8 Å². The summed E-state index contributed by atoms with van der Waals surface area (Å²) in [6.07, 6.45) is -0.372. The van der Waals surface area contributed by atoms with Crippen LogP contribution in [0.15, 0.2) is 30.3 Å². The number of ether oxygens (including phenoxy) is 1. The average molecular weight is 493 g/mol. The van der Waals surface area contributed by atoms with Crippen molar-refractivity contribution in [3.05, 3.63) is 47.3 Å². The van der Waals surface area contributed by atoms with Crippen molar-refractivity contribution in [2.24, 2.45) is 5.92 Å². The van der Waals surface area contributed by atoms with Gasteiger partial charge >= 0.3 is 6.18 Å². The summed E-state index contributed by atoms with van der Waals surface area (Å²) in [5.41, 5.74) is 0.445. The molecule has 1 saturated heterocycles. The summed E-state index contributed by atoms with van der Waals surface area (Å²) in [7, 11) is 1.65. The Balaban J connectivity index is 1.52. The van der Waals surface area contributed by atoms with Crippen LogP contribution in [0.5, 0.6) is 0 Å². The lowest BCUT2D eigenvalue weighted by atomic mass is 9.92. The number of hydrogen-bond acceptors (Lipinski definition) is 4. The highest BCUT2D eigenvalue weighted by Gasteiger charge is 2.40. The molecule has 1 aliphatic carbocycles. The summed E-state index contributed by atoms with van der Waals surface area (Å²) in [4.78, 5) is 27.9. The summed E-state index contributed by atoms with van der Waals surface area (Å²) >= 11 is 0. The van der Waals surface area contributed by atoms with Crippen molar-refractivity contribution < 1.29 is 27.5 Å². The van der Waals surface area contributed by atoms with Crippen molar-refractivity contribution in [3.63, 3.8) is 0 Å².